The van der Waals surface area contributed by atoms with Gasteiger partial charge in [-0.05, 0) is 51.0 Å². The molecular weight excluding hydrogens is 386 g/mol. The summed E-state index contributed by atoms with van der Waals surface area (Å²) >= 11 is 0. The number of carbonyl (C=O) groups is 1. The molecule has 1 atom stereocenters. The number of pyridine rings is 2. The fourth-order valence-corrected chi connectivity index (χ4v) is 3.78. The molecule has 0 N–H and O–H groups in total. The monoisotopic (exact) mass is 413 g/mol. The lowest BCUT2D eigenvalue weighted by Crippen LogP contribution is -2.30. The summed E-state index contributed by atoms with van der Waals surface area (Å²) < 4.78 is 1.87. The summed E-state index contributed by atoms with van der Waals surface area (Å²) in [7, 11) is 1.83. The molecule has 0 aliphatic carbocycles. The number of hydrogen-bond donors (Lipinski definition) is 0. The van der Waals surface area contributed by atoms with E-state index >= 15 is 0 Å². The molecular formula is C25H27N5O. The number of hydrogen-bond acceptors (Lipinski definition) is 4. The lowest BCUT2D eigenvalue weighted by molar-refractivity contribution is 0.0744. The second kappa shape index (κ2) is 8.30. The average Bonchev–Trinajstić information content (AvgIpc) is 3.22. The summed E-state index contributed by atoms with van der Waals surface area (Å²) in [5, 5.41) is 5.30. The Morgan fingerprint density at radius 3 is 2.52 bits per heavy atom. The molecule has 0 radical (unpaired) electrons. The zero-order chi connectivity index (χ0) is 22.1. The van der Waals surface area contributed by atoms with E-state index in [9.17, 15) is 4.79 Å². The van der Waals surface area contributed by atoms with Crippen LogP contribution in [-0.4, -0.2) is 37.6 Å². The van der Waals surface area contributed by atoms with E-state index in [0.717, 1.165) is 33.4 Å². The van der Waals surface area contributed by atoms with Crippen LogP contribution < -0.4 is 0 Å². The van der Waals surface area contributed by atoms with Crippen LogP contribution in [0.25, 0.3) is 22.3 Å². The Bertz CT molecular complexity index is 1230. The second-order valence-electron chi connectivity index (χ2n) is 8.17. The van der Waals surface area contributed by atoms with Crippen molar-refractivity contribution in [1.82, 2.24) is 24.6 Å². The number of carbonyl (C=O) groups excluding carboxylic acids is 1. The molecule has 4 aromatic rings. The fourth-order valence-electron chi connectivity index (χ4n) is 3.78. The van der Waals surface area contributed by atoms with Gasteiger partial charge in [-0.2, -0.15) is 5.10 Å². The predicted molar refractivity (Wildman–Crippen MR) is 123 cm³/mol. The van der Waals surface area contributed by atoms with Gasteiger partial charge >= 0.3 is 0 Å². The summed E-state index contributed by atoms with van der Waals surface area (Å²) in [6.45, 7) is 8.19. The zero-order valence-electron chi connectivity index (χ0n) is 18.6. The molecule has 6 heteroatoms. The lowest BCUT2D eigenvalue weighted by atomic mass is 10.0. The van der Waals surface area contributed by atoms with Crippen molar-refractivity contribution in [2.75, 3.05) is 7.05 Å². The Morgan fingerprint density at radius 2 is 1.84 bits per heavy atom. The highest BCUT2D eigenvalue weighted by Gasteiger charge is 2.24. The van der Waals surface area contributed by atoms with Crippen molar-refractivity contribution < 1.29 is 4.79 Å². The summed E-state index contributed by atoms with van der Waals surface area (Å²) in [6, 6.07) is 13.9. The number of amides is 1. The van der Waals surface area contributed by atoms with Crippen LogP contribution in [0.5, 0.6) is 0 Å². The Hall–Kier alpha value is -3.54. The maximum Gasteiger partial charge on any atom is 0.254 e. The minimum absolute atomic E-state index is 0.0677. The quantitative estimate of drug-likeness (QED) is 0.450. The molecule has 0 aliphatic heterocycles. The predicted octanol–water partition coefficient (Wildman–Crippen LogP) is 5.22. The van der Waals surface area contributed by atoms with Gasteiger partial charge in [0.1, 0.15) is 0 Å². The highest BCUT2D eigenvalue weighted by Crippen LogP contribution is 2.30. The smallest absolute Gasteiger partial charge is 0.254 e. The molecule has 158 valence electrons. The van der Waals surface area contributed by atoms with E-state index in [4.69, 9.17) is 4.98 Å². The van der Waals surface area contributed by atoms with Crippen LogP contribution in [0.3, 0.4) is 0 Å². The Morgan fingerprint density at radius 1 is 1.06 bits per heavy atom. The Labute approximate surface area is 182 Å². The second-order valence-corrected chi connectivity index (χ2v) is 8.17. The van der Waals surface area contributed by atoms with Crippen LogP contribution in [0.15, 0.2) is 61.1 Å². The van der Waals surface area contributed by atoms with Gasteiger partial charge in [-0.1, -0.05) is 30.3 Å². The number of aryl methyl sites for hydroxylation is 1. The van der Waals surface area contributed by atoms with E-state index in [1.807, 2.05) is 55.1 Å². The fraction of sp³-hybridized carbons (Fsp3) is 0.280. The molecule has 0 bridgehead atoms. The van der Waals surface area contributed by atoms with Gasteiger partial charge in [0.25, 0.3) is 5.91 Å². The number of rotatable bonds is 5. The van der Waals surface area contributed by atoms with Gasteiger partial charge < -0.3 is 4.90 Å². The van der Waals surface area contributed by atoms with Crippen molar-refractivity contribution in [2.45, 2.75) is 39.8 Å². The highest BCUT2D eigenvalue weighted by molar-refractivity contribution is 6.06. The average molecular weight is 414 g/mol. The lowest BCUT2D eigenvalue weighted by Gasteiger charge is -2.25. The third-order valence-electron chi connectivity index (χ3n) is 5.78. The molecule has 1 aromatic carbocycles. The first-order valence-corrected chi connectivity index (χ1v) is 10.5. The highest BCUT2D eigenvalue weighted by atomic mass is 16.2. The molecule has 31 heavy (non-hydrogen) atoms. The summed E-state index contributed by atoms with van der Waals surface area (Å²) in [4.78, 5) is 24.5. The molecule has 4 rings (SSSR count). The van der Waals surface area contributed by atoms with E-state index < -0.39 is 0 Å². The number of benzene rings is 1. The number of fused-ring (bicyclic) bond motifs is 1. The molecule has 1 unspecified atom stereocenters. The molecule has 0 saturated heterocycles. The maximum atomic E-state index is 13.7. The maximum absolute atomic E-state index is 13.7. The molecule has 3 aromatic heterocycles. The standard InChI is InChI=1S/C25H27N5O/c1-16(2)30-24-22(15-27-30)21(13-23(28-24)20-11-7-6-9-17(20)3)25(31)29(5)18(4)19-10-8-12-26-14-19/h6-16,18H,1-5H3. The normalized spacial score (nSPS) is 12.3. The molecule has 0 fully saturated rings. The van der Waals surface area contributed by atoms with Crippen molar-refractivity contribution in [1.29, 1.82) is 0 Å². The summed E-state index contributed by atoms with van der Waals surface area (Å²) in [6.07, 6.45) is 5.28. The van der Waals surface area contributed by atoms with Gasteiger partial charge in [0.05, 0.1) is 28.9 Å². The van der Waals surface area contributed by atoms with E-state index in [1.54, 1.807) is 23.5 Å². The molecule has 0 saturated carbocycles. The topological polar surface area (TPSA) is 63.9 Å². The van der Waals surface area contributed by atoms with Crippen LogP contribution in [0.4, 0.5) is 0 Å². The summed E-state index contributed by atoms with van der Waals surface area (Å²) in [5.41, 5.74) is 5.22. The first kappa shape index (κ1) is 20.7. The van der Waals surface area contributed by atoms with Gasteiger partial charge in [0, 0.05) is 31.0 Å². The van der Waals surface area contributed by atoms with Crippen LogP contribution in [0, 0.1) is 6.92 Å². The van der Waals surface area contributed by atoms with Crippen molar-refractivity contribution in [3.8, 4) is 11.3 Å². The molecule has 0 aliphatic rings. The molecule has 0 spiro atoms. The molecule has 6 nitrogen and oxygen atoms in total. The van der Waals surface area contributed by atoms with E-state index in [2.05, 4.69) is 36.9 Å². The van der Waals surface area contributed by atoms with Crippen molar-refractivity contribution in [2.24, 2.45) is 0 Å². The van der Waals surface area contributed by atoms with Crippen molar-refractivity contribution in [3.05, 3.63) is 77.7 Å². The molecule has 1 amide bonds. The van der Waals surface area contributed by atoms with E-state index in [0.29, 0.717) is 5.56 Å². The number of nitrogens with zero attached hydrogens (tertiary/aromatic N) is 5. The number of aromatic nitrogens is 4. The van der Waals surface area contributed by atoms with Gasteiger partial charge in [0.2, 0.25) is 0 Å². The first-order valence-electron chi connectivity index (χ1n) is 10.5. The Balaban J connectivity index is 1.86. The van der Waals surface area contributed by atoms with Crippen LogP contribution >= 0.6 is 0 Å². The Kier molecular flexibility index (Phi) is 5.55. The van der Waals surface area contributed by atoms with Gasteiger partial charge in [0.15, 0.2) is 5.65 Å². The first-order chi connectivity index (χ1) is 14.9. The largest absolute Gasteiger partial charge is 0.335 e. The third kappa shape index (κ3) is 3.81. The van der Waals surface area contributed by atoms with Crippen LogP contribution in [0.1, 0.15) is 54.3 Å². The van der Waals surface area contributed by atoms with Gasteiger partial charge in [-0.15, -0.1) is 0 Å². The van der Waals surface area contributed by atoms with Crippen LogP contribution in [-0.2, 0) is 0 Å². The van der Waals surface area contributed by atoms with Gasteiger partial charge in [-0.3, -0.25) is 9.78 Å². The third-order valence-corrected chi connectivity index (χ3v) is 5.78. The van der Waals surface area contributed by atoms with E-state index in [-0.39, 0.29) is 18.0 Å². The minimum atomic E-state index is -0.119. The van der Waals surface area contributed by atoms with Gasteiger partial charge in [-0.25, -0.2) is 9.67 Å². The van der Waals surface area contributed by atoms with E-state index in [1.165, 1.54) is 0 Å². The zero-order valence-corrected chi connectivity index (χ0v) is 18.6. The minimum Gasteiger partial charge on any atom is -0.335 e. The van der Waals surface area contributed by atoms with Crippen LogP contribution in [0.2, 0.25) is 0 Å². The SMILES string of the molecule is Cc1ccccc1-c1cc(C(=O)N(C)C(C)c2cccnc2)c2cnn(C(C)C)c2n1. The van der Waals surface area contributed by atoms with Crippen molar-refractivity contribution in [3.63, 3.8) is 0 Å². The summed E-state index contributed by atoms with van der Waals surface area (Å²) in [5.74, 6) is -0.0677. The molecule has 3 heterocycles. The van der Waals surface area contributed by atoms with Crippen molar-refractivity contribution >= 4 is 16.9 Å².